The van der Waals surface area contributed by atoms with Gasteiger partial charge in [0.1, 0.15) is 5.75 Å². The van der Waals surface area contributed by atoms with E-state index in [2.05, 4.69) is 6.07 Å². The third-order valence-electron chi connectivity index (χ3n) is 5.94. The Labute approximate surface area is 176 Å². The molecule has 0 bridgehead atoms. The van der Waals surface area contributed by atoms with Crippen molar-refractivity contribution in [2.24, 2.45) is 0 Å². The van der Waals surface area contributed by atoms with E-state index in [1.165, 1.54) is 4.90 Å². The Morgan fingerprint density at radius 2 is 1.77 bits per heavy atom. The number of rotatable bonds is 6. The number of likely N-dealkylation sites (tertiary alicyclic amines) is 2. The van der Waals surface area contributed by atoms with E-state index in [4.69, 9.17) is 4.74 Å². The molecule has 0 aromatic heterocycles. The highest BCUT2D eigenvalue weighted by Gasteiger charge is 2.30. The van der Waals surface area contributed by atoms with Gasteiger partial charge in [-0.05, 0) is 54.7 Å². The summed E-state index contributed by atoms with van der Waals surface area (Å²) >= 11 is 0. The maximum absolute atomic E-state index is 13.1. The normalized spacial score (nSPS) is 18.9. The Hall–Kier alpha value is -3.15. The molecule has 2 saturated heterocycles. The largest absolute Gasteiger partial charge is 0.497 e. The van der Waals surface area contributed by atoms with E-state index < -0.39 is 0 Å². The zero-order valence-electron chi connectivity index (χ0n) is 17.2. The van der Waals surface area contributed by atoms with Crippen molar-refractivity contribution in [3.63, 3.8) is 0 Å². The number of methoxy groups -OCH3 is 1. The topological polar surface area (TPSA) is 66.9 Å². The summed E-state index contributed by atoms with van der Waals surface area (Å²) < 4.78 is 5.31. The van der Waals surface area contributed by atoms with Crippen molar-refractivity contribution in [3.8, 4) is 5.75 Å². The fourth-order valence-corrected chi connectivity index (χ4v) is 4.29. The number of amides is 3. The summed E-state index contributed by atoms with van der Waals surface area (Å²) in [6, 6.07) is 15.4. The van der Waals surface area contributed by atoms with Gasteiger partial charge in [0.05, 0.1) is 13.7 Å². The second kappa shape index (κ2) is 8.69. The molecule has 0 spiro atoms. The Kier molecular flexibility index (Phi) is 5.84. The minimum Gasteiger partial charge on any atom is -0.497 e. The fraction of sp³-hybridized carbons (Fsp3) is 0.375. The van der Waals surface area contributed by atoms with Crippen LogP contribution in [-0.4, -0.2) is 47.2 Å². The minimum atomic E-state index is -0.127. The molecule has 2 aliphatic rings. The smallest absolute Gasteiger partial charge is 0.254 e. The first-order valence-electron chi connectivity index (χ1n) is 10.4. The Balaban J connectivity index is 1.42. The highest BCUT2D eigenvalue weighted by Crippen LogP contribution is 2.25. The van der Waals surface area contributed by atoms with Crippen molar-refractivity contribution in [1.29, 1.82) is 0 Å². The van der Waals surface area contributed by atoms with Crippen LogP contribution in [0.25, 0.3) is 0 Å². The zero-order chi connectivity index (χ0) is 21.1. The quantitative estimate of drug-likeness (QED) is 0.691. The molecule has 2 fully saturated rings. The van der Waals surface area contributed by atoms with E-state index in [-0.39, 0.29) is 30.3 Å². The van der Waals surface area contributed by atoms with Crippen molar-refractivity contribution in [2.75, 3.05) is 13.7 Å². The van der Waals surface area contributed by atoms with E-state index >= 15 is 0 Å². The van der Waals surface area contributed by atoms with Crippen LogP contribution < -0.4 is 4.74 Å². The van der Waals surface area contributed by atoms with Crippen LogP contribution in [0.4, 0.5) is 0 Å². The fourth-order valence-electron chi connectivity index (χ4n) is 4.29. The van der Waals surface area contributed by atoms with Gasteiger partial charge in [-0.3, -0.25) is 19.3 Å². The predicted octanol–water partition coefficient (Wildman–Crippen LogP) is 3.19. The lowest BCUT2D eigenvalue weighted by atomic mass is 10.0. The maximum atomic E-state index is 13.1. The van der Waals surface area contributed by atoms with Gasteiger partial charge >= 0.3 is 0 Å². The zero-order valence-corrected chi connectivity index (χ0v) is 17.2. The molecule has 2 aliphatic heterocycles. The van der Waals surface area contributed by atoms with E-state index in [0.717, 1.165) is 42.7 Å². The summed E-state index contributed by atoms with van der Waals surface area (Å²) in [7, 11) is 1.66. The number of ether oxygens (including phenoxy) is 1. The summed E-state index contributed by atoms with van der Waals surface area (Å²) in [5, 5.41) is 0. The number of hydrogen-bond donors (Lipinski definition) is 0. The lowest BCUT2D eigenvalue weighted by Gasteiger charge is -2.25. The van der Waals surface area contributed by atoms with Gasteiger partial charge < -0.3 is 9.64 Å². The van der Waals surface area contributed by atoms with Crippen LogP contribution in [-0.2, 0) is 22.6 Å². The molecule has 6 nitrogen and oxygen atoms in total. The van der Waals surface area contributed by atoms with Gasteiger partial charge in [0.15, 0.2) is 0 Å². The summed E-state index contributed by atoms with van der Waals surface area (Å²) in [6.45, 7) is 1.03. The van der Waals surface area contributed by atoms with Crippen molar-refractivity contribution < 1.29 is 19.1 Å². The van der Waals surface area contributed by atoms with Gasteiger partial charge in [-0.1, -0.05) is 24.3 Å². The highest BCUT2D eigenvalue weighted by molar-refractivity contribution is 6.01. The molecule has 4 rings (SSSR count). The monoisotopic (exact) mass is 406 g/mol. The van der Waals surface area contributed by atoms with Gasteiger partial charge in [0.2, 0.25) is 11.8 Å². The lowest BCUT2D eigenvalue weighted by molar-refractivity contribution is -0.139. The van der Waals surface area contributed by atoms with Gasteiger partial charge in [-0.2, -0.15) is 0 Å². The SMILES string of the molecule is COc1cccc(CC2CCCN2C(=O)c2ccc(CN3C(=O)CCC3=O)cc2)c1. The minimum absolute atomic E-state index is 0.0280. The summed E-state index contributed by atoms with van der Waals surface area (Å²) in [5.41, 5.74) is 2.65. The molecule has 0 aliphatic carbocycles. The molecule has 30 heavy (non-hydrogen) atoms. The van der Waals surface area contributed by atoms with Crippen LogP contribution in [0.2, 0.25) is 0 Å². The van der Waals surface area contributed by atoms with Crippen molar-refractivity contribution in [3.05, 3.63) is 65.2 Å². The molecule has 2 aromatic carbocycles. The summed E-state index contributed by atoms with van der Waals surface area (Å²) in [6.07, 6.45) is 3.37. The number of nitrogens with zero attached hydrogens (tertiary/aromatic N) is 2. The molecule has 0 N–H and O–H groups in total. The molecular formula is C24H26N2O4. The van der Waals surface area contributed by atoms with Crippen molar-refractivity contribution in [1.82, 2.24) is 9.80 Å². The van der Waals surface area contributed by atoms with E-state index in [0.29, 0.717) is 18.4 Å². The molecule has 0 saturated carbocycles. The Bertz CT molecular complexity index is 938. The van der Waals surface area contributed by atoms with Crippen LogP contribution in [0, 0.1) is 0 Å². The molecular weight excluding hydrogens is 380 g/mol. The molecule has 2 aromatic rings. The van der Waals surface area contributed by atoms with E-state index in [9.17, 15) is 14.4 Å². The lowest BCUT2D eigenvalue weighted by Crippen LogP contribution is -2.36. The van der Waals surface area contributed by atoms with Crippen LogP contribution >= 0.6 is 0 Å². The van der Waals surface area contributed by atoms with Gasteiger partial charge in [-0.15, -0.1) is 0 Å². The van der Waals surface area contributed by atoms with Crippen LogP contribution in [0.1, 0.15) is 47.2 Å². The number of hydrogen-bond acceptors (Lipinski definition) is 4. The average molecular weight is 406 g/mol. The van der Waals surface area contributed by atoms with E-state index in [1.807, 2.05) is 35.2 Å². The average Bonchev–Trinajstić information content (AvgIpc) is 3.35. The second-order valence-corrected chi connectivity index (χ2v) is 7.92. The number of imide groups is 1. The molecule has 0 radical (unpaired) electrons. The van der Waals surface area contributed by atoms with Crippen LogP contribution in [0.5, 0.6) is 5.75 Å². The number of carbonyl (C=O) groups excluding carboxylic acids is 3. The number of benzene rings is 2. The predicted molar refractivity (Wildman–Crippen MR) is 112 cm³/mol. The van der Waals surface area contributed by atoms with Crippen LogP contribution in [0.15, 0.2) is 48.5 Å². The summed E-state index contributed by atoms with van der Waals surface area (Å²) in [4.78, 5) is 40.0. The summed E-state index contributed by atoms with van der Waals surface area (Å²) in [5.74, 6) is 0.601. The Morgan fingerprint density at radius 3 is 2.47 bits per heavy atom. The first kappa shape index (κ1) is 20.1. The van der Waals surface area contributed by atoms with Crippen molar-refractivity contribution >= 4 is 17.7 Å². The third-order valence-corrected chi connectivity index (χ3v) is 5.94. The Morgan fingerprint density at radius 1 is 1.03 bits per heavy atom. The van der Waals surface area contributed by atoms with Gasteiger partial charge in [-0.25, -0.2) is 0 Å². The molecule has 1 unspecified atom stereocenters. The first-order valence-corrected chi connectivity index (χ1v) is 10.4. The standard InChI is InChI=1S/C24H26N2O4/c1-30-21-6-2-4-18(15-21)14-20-5-3-13-25(20)24(29)19-9-7-17(8-10-19)16-26-22(27)11-12-23(26)28/h2,4,6-10,15,20H,3,5,11-14,16H2,1H3. The van der Waals surface area contributed by atoms with E-state index in [1.54, 1.807) is 19.2 Å². The third kappa shape index (κ3) is 4.22. The molecule has 6 heteroatoms. The molecule has 3 amide bonds. The van der Waals surface area contributed by atoms with Crippen molar-refractivity contribution in [2.45, 2.75) is 44.7 Å². The molecule has 156 valence electrons. The molecule has 2 heterocycles. The number of carbonyl (C=O) groups is 3. The van der Waals surface area contributed by atoms with Gasteiger partial charge in [0.25, 0.3) is 5.91 Å². The first-order chi connectivity index (χ1) is 14.5. The maximum Gasteiger partial charge on any atom is 0.254 e. The second-order valence-electron chi connectivity index (χ2n) is 7.92. The van der Waals surface area contributed by atoms with Crippen LogP contribution in [0.3, 0.4) is 0 Å². The molecule has 1 atom stereocenters. The van der Waals surface area contributed by atoms with Gasteiger partial charge in [0, 0.05) is 31.0 Å². The highest BCUT2D eigenvalue weighted by atomic mass is 16.5.